The van der Waals surface area contributed by atoms with Crippen LogP contribution in [0, 0.1) is 11.8 Å². The molecular weight excluding hydrogens is 256 g/mol. The van der Waals surface area contributed by atoms with E-state index < -0.39 is 0 Å². The molecule has 1 fully saturated rings. The molecule has 2 nitrogen and oxygen atoms in total. The zero-order valence-electron chi connectivity index (χ0n) is 13.0. The summed E-state index contributed by atoms with van der Waals surface area (Å²) in [6.45, 7) is 4.51. The van der Waals surface area contributed by atoms with Crippen LogP contribution in [0.2, 0.25) is 0 Å². The van der Waals surface area contributed by atoms with Gasteiger partial charge >= 0.3 is 0 Å². The Morgan fingerprint density at radius 1 is 1.24 bits per heavy atom. The molecule has 1 N–H and O–H groups in total. The van der Waals surface area contributed by atoms with E-state index >= 15 is 0 Å². The van der Waals surface area contributed by atoms with E-state index in [-0.39, 0.29) is 0 Å². The molecule has 2 unspecified atom stereocenters. The van der Waals surface area contributed by atoms with E-state index in [9.17, 15) is 0 Å². The second kappa shape index (κ2) is 7.04. The highest BCUT2D eigenvalue weighted by molar-refractivity contribution is 5.84. The van der Waals surface area contributed by atoms with Crippen molar-refractivity contribution in [2.75, 3.05) is 6.54 Å². The number of aromatic nitrogens is 1. The summed E-state index contributed by atoms with van der Waals surface area (Å²) in [4.78, 5) is 4.20. The van der Waals surface area contributed by atoms with Crippen molar-refractivity contribution in [1.82, 2.24) is 10.3 Å². The number of hydrogen-bond donors (Lipinski definition) is 1. The number of fused-ring (bicyclic) bond motifs is 1. The van der Waals surface area contributed by atoms with Gasteiger partial charge in [0.25, 0.3) is 0 Å². The molecule has 1 saturated carbocycles. The van der Waals surface area contributed by atoms with Crippen LogP contribution in [0.5, 0.6) is 0 Å². The molecule has 0 spiro atoms. The van der Waals surface area contributed by atoms with E-state index in [2.05, 4.69) is 41.5 Å². The van der Waals surface area contributed by atoms with Gasteiger partial charge in [-0.1, -0.05) is 44.4 Å². The van der Waals surface area contributed by atoms with Gasteiger partial charge in [-0.2, -0.15) is 0 Å². The molecule has 0 saturated heterocycles. The van der Waals surface area contributed by atoms with Crippen molar-refractivity contribution in [1.29, 1.82) is 0 Å². The van der Waals surface area contributed by atoms with Gasteiger partial charge in [0.1, 0.15) is 0 Å². The van der Waals surface area contributed by atoms with E-state index in [1.165, 1.54) is 48.4 Å². The minimum Gasteiger partial charge on any atom is -0.313 e. The van der Waals surface area contributed by atoms with E-state index in [1.807, 2.05) is 12.4 Å². The lowest BCUT2D eigenvalue weighted by molar-refractivity contribution is 0.267. The van der Waals surface area contributed by atoms with E-state index in [1.54, 1.807) is 0 Å². The average molecular weight is 282 g/mol. The second-order valence-electron chi connectivity index (χ2n) is 6.62. The van der Waals surface area contributed by atoms with Gasteiger partial charge in [-0.25, -0.2) is 0 Å². The zero-order chi connectivity index (χ0) is 14.5. The smallest absolute Gasteiger partial charge is 0.0346 e. The Morgan fingerprint density at radius 2 is 2.19 bits per heavy atom. The molecule has 2 atom stereocenters. The Hall–Kier alpha value is -1.41. The molecule has 1 aromatic heterocycles. The topological polar surface area (TPSA) is 24.9 Å². The first-order chi connectivity index (χ1) is 10.3. The maximum atomic E-state index is 4.20. The van der Waals surface area contributed by atoms with Crippen molar-refractivity contribution >= 4 is 10.8 Å². The van der Waals surface area contributed by atoms with Crippen molar-refractivity contribution in [3.05, 3.63) is 42.2 Å². The summed E-state index contributed by atoms with van der Waals surface area (Å²) < 4.78 is 0. The summed E-state index contributed by atoms with van der Waals surface area (Å²) in [5, 5.41) is 6.19. The maximum Gasteiger partial charge on any atom is 0.0346 e. The van der Waals surface area contributed by atoms with Gasteiger partial charge in [0.05, 0.1) is 0 Å². The van der Waals surface area contributed by atoms with Crippen molar-refractivity contribution in [3.8, 4) is 0 Å². The van der Waals surface area contributed by atoms with Crippen molar-refractivity contribution < 1.29 is 0 Å². The highest BCUT2D eigenvalue weighted by Crippen LogP contribution is 2.30. The second-order valence-corrected chi connectivity index (χ2v) is 6.62. The van der Waals surface area contributed by atoms with E-state index in [0.717, 1.165) is 24.9 Å². The molecule has 1 aromatic carbocycles. The summed E-state index contributed by atoms with van der Waals surface area (Å²) in [5.74, 6) is 1.88. The minimum absolute atomic E-state index is 0.939. The third-order valence-corrected chi connectivity index (χ3v) is 4.86. The Kier molecular flexibility index (Phi) is 4.87. The SMILES string of the molecule is CC1CCCC(CCNCc2cccc3cnccc23)C1. The summed E-state index contributed by atoms with van der Waals surface area (Å²) in [7, 11) is 0. The van der Waals surface area contributed by atoms with Crippen LogP contribution in [0.25, 0.3) is 10.8 Å². The van der Waals surface area contributed by atoms with Crippen LogP contribution in [0.3, 0.4) is 0 Å². The lowest BCUT2D eigenvalue weighted by Crippen LogP contribution is -2.21. The van der Waals surface area contributed by atoms with Crippen LogP contribution in [-0.4, -0.2) is 11.5 Å². The third-order valence-electron chi connectivity index (χ3n) is 4.86. The third kappa shape index (κ3) is 3.82. The Labute approximate surface area is 128 Å². The van der Waals surface area contributed by atoms with Crippen LogP contribution in [0.1, 0.15) is 44.6 Å². The number of benzene rings is 1. The highest BCUT2D eigenvalue weighted by atomic mass is 14.8. The van der Waals surface area contributed by atoms with Gasteiger partial charge in [-0.3, -0.25) is 4.98 Å². The van der Waals surface area contributed by atoms with Gasteiger partial charge in [0.15, 0.2) is 0 Å². The molecule has 0 bridgehead atoms. The maximum absolute atomic E-state index is 4.20. The average Bonchev–Trinajstić information content (AvgIpc) is 2.52. The van der Waals surface area contributed by atoms with Crippen molar-refractivity contribution in [3.63, 3.8) is 0 Å². The molecule has 1 heterocycles. The molecule has 112 valence electrons. The first-order valence-electron chi connectivity index (χ1n) is 8.35. The predicted octanol–water partition coefficient (Wildman–Crippen LogP) is 4.54. The van der Waals surface area contributed by atoms with Crippen LogP contribution in [0.15, 0.2) is 36.7 Å². The van der Waals surface area contributed by atoms with E-state index in [0.29, 0.717) is 0 Å². The molecule has 1 aliphatic carbocycles. The molecular formula is C19H26N2. The first kappa shape index (κ1) is 14.5. The number of nitrogens with one attached hydrogen (secondary N) is 1. The minimum atomic E-state index is 0.939. The molecule has 2 aromatic rings. The number of rotatable bonds is 5. The molecule has 0 amide bonds. The lowest BCUT2D eigenvalue weighted by Gasteiger charge is -2.26. The van der Waals surface area contributed by atoms with Gasteiger partial charge in [0, 0.05) is 24.3 Å². The van der Waals surface area contributed by atoms with Gasteiger partial charge < -0.3 is 5.32 Å². The molecule has 3 rings (SSSR count). The quantitative estimate of drug-likeness (QED) is 0.814. The van der Waals surface area contributed by atoms with Crippen LogP contribution in [-0.2, 0) is 6.54 Å². The monoisotopic (exact) mass is 282 g/mol. The van der Waals surface area contributed by atoms with Crippen molar-refractivity contribution in [2.24, 2.45) is 11.8 Å². The number of nitrogens with zero attached hydrogens (tertiary/aromatic N) is 1. The van der Waals surface area contributed by atoms with Gasteiger partial charge in [0.2, 0.25) is 0 Å². The van der Waals surface area contributed by atoms with Crippen LogP contribution >= 0.6 is 0 Å². The van der Waals surface area contributed by atoms with Crippen LogP contribution in [0.4, 0.5) is 0 Å². The summed E-state index contributed by atoms with van der Waals surface area (Å²) in [6, 6.07) is 8.60. The normalized spacial score (nSPS) is 22.5. The molecule has 2 heteroatoms. The fraction of sp³-hybridized carbons (Fsp3) is 0.526. The largest absolute Gasteiger partial charge is 0.313 e. The zero-order valence-corrected chi connectivity index (χ0v) is 13.0. The molecule has 21 heavy (non-hydrogen) atoms. The Balaban J connectivity index is 1.50. The summed E-state index contributed by atoms with van der Waals surface area (Å²) in [5.41, 5.74) is 1.38. The fourth-order valence-corrected chi connectivity index (χ4v) is 3.69. The summed E-state index contributed by atoms with van der Waals surface area (Å²) in [6.07, 6.45) is 10.9. The molecule has 1 aliphatic rings. The standard InChI is InChI=1S/C19H26N2/c1-15-4-2-5-16(12-15)8-10-20-13-17-6-3-7-18-14-21-11-9-19(17)18/h3,6-7,9,11,14-16,20H,2,4-5,8,10,12-13H2,1H3. The Morgan fingerprint density at radius 3 is 3.10 bits per heavy atom. The lowest BCUT2D eigenvalue weighted by atomic mass is 9.81. The highest BCUT2D eigenvalue weighted by Gasteiger charge is 2.18. The number of hydrogen-bond acceptors (Lipinski definition) is 2. The molecule has 0 aliphatic heterocycles. The van der Waals surface area contributed by atoms with Gasteiger partial charge in [-0.15, -0.1) is 0 Å². The van der Waals surface area contributed by atoms with Crippen molar-refractivity contribution in [2.45, 2.75) is 45.6 Å². The number of pyridine rings is 1. The Bertz CT molecular complexity index is 573. The van der Waals surface area contributed by atoms with Gasteiger partial charge in [-0.05, 0) is 48.2 Å². The predicted molar refractivity (Wildman–Crippen MR) is 89.2 cm³/mol. The van der Waals surface area contributed by atoms with Crippen LogP contribution < -0.4 is 5.32 Å². The summed E-state index contributed by atoms with van der Waals surface area (Å²) >= 11 is 0. The first-order valence-corrected chi connectivity index (χ1v) is 8.35. The molecule has 0 radical (unpaired) electrons. The fourth-order valence-electron chi connectivity index (χ4n) is 3.69. The van der Waals surface area contributed by atoms with E-state index in [4.69, 9.17) is 0 Å².